The molecule has 1 saturated heterocycles. The second-order valence-corrected chi connectivity index (χ2v) is 9.85. The average Bonchev–Trinajstić information content (AvgIpc) is 3.39. The van der Waals surface area contributed by atoms with Crippen molar-refractivity contribution in [2.24, 2.45) is 0 Å². The lowest BCUT2D eigenvalue weighted by Crippen LogP contribution is -2.16. The summed E-state index contributed by atoms with van der Waals surface area (Å²) in [6, 6.07) is 14.3. The number of aromatic nitrogens is 1. The second kappa shape index (κ2) is 8.31. The van der Waals surface area contributed by atoms with Crippen molar-refractivity contribution in [1.82, 2.24) is 4.98 Å². The van der Waals surface area contributed by atoms with Crippen LogP contribution >= 0.6 is 11.3 Å². The van der Waals surface area contributed by atoms with Gasteiger partial charge in [0.25, 0.3) is 0 Å². The minimum atomic E-state index is -0.0852. The van der Waals surface area contributed by atoms with Gasteiger partial charge in [0.2, 0.25) is 5.88 Å². The van der Waals surface area contributed by atoms with Crippen LogP contribution in [0.4, 0.5) is 5.13 Å². The van der Waals surface area contributed by atoms with E-state index in [1.807, 2.05) is 6.07 Å². The molecule has 4 rings (SSSR count). The third-order valence-corrected chi connectivity index (χ3v) is 7.38. The fraction of sp³-hybridized carbons (Fsp3) is 0.400. The minimum Gasteiger partial charge on any atom is -0.508 e. The van der Waals surface area contributed by atoms with Crippen LogP contribution in [0.15, 0.2) is 42.5 Å². The lowest BCUT2D eigenvalue weighted by molar-refractivity contribution is 0.429. The van der Waals surface area contributed by atoms with Crippen molar-refractivity contribution in [2.45, 2.75) is 51.9 Å². The van der Waals surface area contributed by atoms with Gasteiger partial charge in [-0.15, -0.1) is 0 Å². The summed E-state index contributed by atoms with van der Waals surface area (Å²) in [5.41, 5.74) is 4.24. The first-order valence-electron chi connectivity index (χ1n) is 10.7. The topological polar surface area (TPSA) is 56.6 Å². The maximum Gasteiger partial charge on any atom is 0.227 e. The molecule has 1 aromatic heterocycles. The minimum absolute atomic E-state index is 0.0852. The summed E-state index contributed by atoms with van der Waals surface area (Å²) in [5.74, 6) is 0.509. The summed E-state index contributed by atoms with van der Waals surface area (Å²) in [4.78, 5) is 7.57. The fourth-order valence-electron chi connectivity index (χ4n) is 3.98. The van der Waals surface area contributed by atoms with Gasteiger partial charge in [-0.2, -0.15) is 4.98 Å². The first-order chi connectivity index (χ1) is 14.4. The predicted molar refractivity (Wildman–Crippen MR) is 125 cm³/mol. The Morgan fingerprint density at radius 3 is 2.50 bits per heavy atom. The Hall–Kier alpha value is -2.53. The van der Waals surface area contributed by atoms with E-state index in [0.717, 1.165) is 51.8 Å². The highest BCUT2D eigenvalue weighted by Gasteiger charge is 2.23. The number of phenolic OH excluding ortho intramolecular Hbond substituents is 1. The molecule has 2 heterocycles. The summed E-state index contributed by atoms with van der Waals surface area (Å²) in [6.07, 6.45) is 4.01. The number of hydrogen-bond acceptors (Lipinski definition) is 5. The molecule has 0 bridgehead atoms. The number of nitrogens with zero attached hydrogens (tertiary/aromatic N) is 2. The van der Waals surface area contributed by atoms with E-state index < -0.39 is 0 Å². The Bertz CT molecular complexity index is 1040. The Kier molecular flexibility index (Phi) is 5.74. The molecule has 0 aliphatic carbocycles. The molecular weight excluding hydrogens is 392 g/mol. The van der Waals surface area contributed by atoms with Crippen molar-refractivity contribution >= 4 is 16.5 Å². The number of anilines is 1. The SMILES string of the molecule is CCC(C)(C)c1cc(-c2cccc(Cc3sc(N4CCCC4)nc3O)c2)ccc1O. The molecule has 1 fully saturated rings. The van der Waals surface area contributed by atoms with Crippen molar-refractivity contribution < 1.29 is 10.2 Å². The highest BCUT2D eigenvalue weighted by molar-refractivity contribution is 7.15. The maximum atomic E-state index is 10.4. The van der Waals surface area contributed by atoms with Crippen LogP contribution in [-0.4, -0.2) is 28.3 Å². The van der Waals surface area contributed by atoms with E-state index in [1.54, 1.807) is 17.4 Å². The molecule has 2 aromatic carbocycles. The lowest BCUT2D eigenvalue weighted by atomic mass is 9.80. The Morgan fingerprint density at radius 1 is 1.03 bits per heavy atom. The molecular formula is C25H30N2O2S. The molecule has 0 amide bonds. The van der Waals surface area contributed by atoms with E-state index in [4.69, 9.17) is 0 Å². The standard InChI is InChI=1S/C25H30N2O2S/c1-4-25(2,3)20-16-19(10-11-21(20)28)18-9-7-8-17(14-18)15-22-23(29)26-24(30-22)27-12-5-6-13-27/h7-11,14,16,28-29H,4-6,12-13,15H2,1-3H3. The van der Waals surface area contributed by atoms with Crippen molar-refractivity contribution in [3.8, 4) is 22.8 Å². The van der Waals surface area contributed by atoms with Crippen LogP contribution in [0, 0.1) is 0 Å². The summed E-state index contributed by atoms with van der Waals surface area (Å²) < 4.78 is 0. The van der Waals surface area contributed by atoms with Crippen molar-refractivity contribution in [3.63, 3.8) is 0 Å². The predicted octanol–water partition coefficient (Wildman–Crippen LogP) is 6.10. The van der Waals surface area contributed by atoms with Gasteiger partial charge in [0.05, 0.1) is 4.88 Å². The average molecular weight is 423 g/mol. The summed E-state index contributed by atoms with van der Waals surface area (Å²) in [7, 11) is 0. The van der Waals surface area contributed by atoms with Crippen molar-refractivity contribution in [3.05, 3.63) is 58.5 Å². The van der Waals surface area contributed by atoms with Gasteiger partial charge in [-0.1, -0.05) is 62.4 Å². The summed E-state index contributed by atoms with van der Waals surface area (Å²) in [6.45, 7) is 8.52. The van der Waals surface area contributed by atoms with Crippen LogP contribution in [-0.2, 0) is 11.8 Å². The summed E-state index contributed by atoms with van der Waals surface area (Å²) in [5, 5.41) is 21.7. The zero-order chi connectivity index (χ0) is 21.3. The van der Waals surface area contributed by atoms with E-state index in [-0.39, 0.29) is 11.3 Å². The second-order valence-electron chi connectivity index (χ2n) is 8.78. The first kappa shape index (κ1) is 20.7. The zero-order valence-electron chi connectivity index (χ0n) is 18.0. The number of thiazole rings is 1. The van der Waals surface area contributed by atoms with E-state index >= 15 is 0 Å². The first-order valence-corrected chi connectivity index (χ1v) is 11.6. The number of benzene rings is 2. The Balaban J connectivity index is 1.60. The quantitative estimate of drug-likeness (QED) is 0.504. The molecule has 3 aromatic rings. The van der Waals surface area contributed by atoms with E-state index in [0.29, 0.717) is 12.2 Å². The highest BCUT2D eigenvalue weighted by atomic mass is 32.1. The van der Waals surface area contributed by atoms with E-state index in [2.05, 4.69) is 61.0 Å². The van der Waals surface area contributed by atoms with E-state index in [9.17, 15) is 10.2 Å². The normalized spacial score (nSPS) is 14.4. The van der Waals surface area contributed by atoms with Gasteiger partial charge < -0.3 is 15.1 Å². The van der Waals surface area contributed by atoms with Crippen LogP contribution < -0.4 is 4.90 Å². The Labute approximate surface area is 182 Å². The molecule has 0 atom stereocenters. The van der Waals surface area contributed by atoms with Gasteiger partial charge in [-0.3, -0.25) is 0 Å². The monoisotopic (exact) mass is 422 g/mol. The number of phenols is 1. The highest BCUT2D eigenvalue weighted by Crippen LogP contribution is 2.37. The molecule has 2 N–H and O–H groups in total. The Morgan fingerprint density at radius 2 is 1.77 bits per heavy atom. The summed E-state index contributed by atoms with van der Waals surface area (Å²) >= 11 is 1.60. The molecule has 158 valence electrons. The molecule has 1 aliphatic rings. The van der Waals surface area contributed by atoms with Crippen molar-refractivity contribution in [1.29, 1.82) is 0 Å². The van der Waals surface area contributed by atoms with Gasteiger partial charge in [0, 0.05) is 25.1 Å². The third-order valence-electron chi connectivity index (χ3n) is 6.28. The van der Waals surface area contributed by atoms with E-state index in [1.165, 1.54) is 12.8 Å². The smallest absolute Gasteiger partial charge is 0.227 e. The van der Waals surface area contributed by atoms with Crippen LogP contribution in [0.3, 0.4) is 0 Å². The third kappa shape index (κ3) is 4.17. The molecule has 4 nitrogen and oxygen atoms in total. The molecule has 5 heteroatoms. The van der Waals surface area contributed by atoms with Crippen LogP contribution in [0.1, 0.15) is 56.0 Å². The molecule has 0 radical (unpaired) electrons. The number of aromatic hydroxyl groups is 2. The van der Waals surface area contributed by atoms with Gasteiger partial charge >= 0.3 is 0 Å². The lowest BCUT2D eigenvalue weighted by Gasteiger charge is -2.25. The fourth-order valence-corrected chi connectivity index (χ4v) is 5.02. The van der Waals surface area contributed by atoms with Crippen LogP contribution in [0.5, 0.6) is 11.6 Å². The molecule has 30 heavy (non-hydrogen) atoms. The molecule has 1 aliphatic heterocycles. The number of hydrogen-bond donors (Lipinski definition) is 2. The van der Waals surface area contributed by atoms with Crippen LogP contribution in [0.25, 0.3) is 11.1 Å². The van der Waals surface area contributed by atoms with Crippen molar-refractivity contribution in [2.75, 3.05) is 18.0 Å². The van der Waals surface area contributed by atoms with Gasteiger partial charge in [-0.25, -0.2) is 0 Å². The maximum absolute atomic E-state index is 10.4. The number of rotatable bonds is 6. The molecule has 0 spiro atoms. The van der Waals surface area contributed by atoms with Gasteiger partial charge in [0.1, 0.15) is 5.75 Å². The van der Waals surface area contributed by atoms with Gasteiger partial charge in [0.15, 0.2) is 5.13 Å². The van der Waals surface area contributed by atoms with Gasteiger partial charge in [-0.05, 0) is 53.5 Å². The van der Waals surface area contributed by atoms with Crippen LogP contribution in [0.2, 0.25) is 0 Å². The molecule has 0 saturated carbocycles. The zero-order valence-corrected chi connectivity index (χ0v) is 18.8. The largest absolute Gasteiger partial charge is 0.508 e. The molecule has 0 unspecified atom stereocenters.